The van der Waals surface area contributed by atoms with E-state index in [2.05, 4.69) is 5.32 Å². The van der Waals surface area contributed by atoms with Crippen LogP contribution in [0.3, 0.4) is 0 Å². The molecule has 2 aromatic carbocycles. The van der Waals surface area contributed by atoms with E-state index in [0.29, 0.717) is 13.2 Å². The lowest BCUT2D eigenvalue weighted by Gasteiger charge is -2.09. The Kier molecular flexibility index (Phi) is 4.34. The minimum atomic E-state index is -0.638. The number of nitrogens with one attached hydrogen (secondary N) is 1. The molecule has 0 aliphatic carbocycles. The third kappa shape index (κ3) is 4.25. The molecule has 0 saturated heterocycles. The maximum Gasteiger partial charge on any atom is 0.129 e. The maximum absolute atomic E-state index is 12.9. The largest absolute Gasteiger partial charge is 0.492 e. The van der Waals surface area contributed by atoms with Gasteiger partial charge in [-0.3, -0.25) is 0 Å². The highest BCUT2D eigenvalue weighted by atomic mass is 19.1. The van der Waals surface area contributed by atoms with Crippen LogP contribution in [0.25, 0.3) is 0 Å². The molecule has 0 aromatic heterocycles. The van der Waals surface area contributed by atoms with E-state index < -0.39 is 11.6 Å². The van der Waals surface area contributed by atoms with Crippen LogP contribution in [0.15, 0.2) is 42.5 Å². The first-order valence-electron chi connectivity index (χ1n) is 6.03. The predicted octanol–water partition coefficient (Wildman–Crippen LogP) is 3.76. The van der Waals surface area contributed by atoms with Crippen molar-refractivity contribution in [3.05, 3.63) is 59.7 Å². The molecule has 0 radical (unpaired) electrons. The van der Waals surface area contributed by atoms with Gasteiger partial charge in [-0.25, -0.2) is 8.78 Å². The summed E-state index contributed by atoms with van der Waals surface area (Å²) in [5.41, 5.74) is 2.18. The zero-order chi connectivity index (χ0) is 13.7. The van der Waals surface area contributed by atoms with Crippen LogP contribution < -0.4 is 10.1 Å². The number of benzene rings is 2. The molecule has 0 saturated carbocycles. The van der Waals surface area contributed by atoms with Crippen molar-refractivity contribution < 1.29 is 13.5 Å². The number of rotatable bonds is 5. The van der Waals surface area contributed by atoms with E-state index >= 15 is 0 Å². The van der Waals surface area contributed by atoms with Gasteiger partial charge in [0.1, 0.15) is 24.0 Å². The van der Waals surface area contributed by atoms with Crippen molar-refractivity contribution in [1.29, 1.82) is 0 Å². The second-order valence-electron chi connectivity index (χ2n) is 4.25. The smallest absolute Gasteiger partial charge is 0.129 e. The fraction of sp³-hybridized carbons (Fsp3) is 0.200. The van der Waals surface area contributed by atoms with Gasteiger partial charge in [-0.2, -0.15) is 0 Å². The highest BCUT2D eigenvalue weighted by Gasteiger charge is 2.01. The Hall–Kier alpha value is -2.10. The summed E-state index contributed by atoms with van der Waals surface area (Å²) < 4.78 is 31.1. The van der Waals surface area contributed by atoms with Crippen molar-refractivity contribution in [2.24, 2.45) is 0 Å². The summed E-state index contributed by atoms with van der Waals surface area (Å²) in [5, 5.41) is 3.16. The second-order valence-corrected chi connectivity index (χ2v) is 4.25. The van der Waals surface area contributed by atoms with Gasteiger partial charge in [0.05, 0.1) is 0 Å². The van der Waals surface area contributed by atoms with Gasteiger partial charge in [-0.15, -0.1) is 0 Å². The normalized spacial score (nSPS) is 10.3. The highest BCUT2D eigenvalue weighted by molar-refractivity contribution is 5.44. The number of anilines is 1. The first kappa shape index (κ1) is 13.3. The predicted molar refractivity (Wildman–Crippen MR) is 71.5 cm³/mol. The van der Waals surface area contributed by atoms with Gasteiger partial charge in [0.2, 0.25) is 0 Å². The minimum absolute atomic E-state index is 0.197. The number of hydrogen-bond donors (Lipinski definition) is 1. The Morgan fingerprint density at radius 1 is 1.00 bits per heavy atom. The molecular weight excluding hydrogens is 248 g/mol. The number of halogens is 2. The minimum Gasteiger partial charge on any atom is -0.492 e. The third-order valence-electron chi connectivity index (χ3n) is 2.59. The molecule has 0 bridgehead atoms. The average molecular weight is 263 g/mol. The van der Waals surface area contributed by atoms with Crippen LogP contribution in [0, 0.1) is 18.6 Å². The Bertz CT molecular complexity index is 520. The standard InChI is InChI=1S/C15H15F2NO/c1-11-2-4-14(5-3-11)18-6-7-19-15-9-12(16)8-13(17)10-15/h2-5,8-10,18H,6-7H2,1H3. The Labute approximate surface area is 111 Å². The van der Waals surface area contributed by atoms with Gasteiger partial charge in [-0.1, -0.05) is 17.7 Å². The fourth-order valence-electron chi connectivity index (χ4n) is 1.65. The van der Waals surface area contributed by atoms with Crippen molar-refractivity contribution in [2.75, 3.05) is 18.5 Å². The lowest BCUT2D eigenvalue weighted by Crippen LogP contribution is -2.11. The molecule has 4 heteroatoms. The van der Waals surface area contributed by atoms with E-state index in [1.807, 2.05) is 31.2 Å². The topological polar surface area (TPSA) is 21.3 Å². The van der Waals surface area contributed by atoms with Gasteiger partial charge >= 0.3 is 0 Å². The second kappa shape index (κ2) is 6.18. The van der Waals surface area contributed by atoms with Gasteiger partial charge in [0.15, 0.2) is 0 Å². The van der Waals surface area contributed by atoms with E-state index in [-0.39, 0.29) is 5.75 Å². The molecule has 19 heavy (non-hydrogen) atoms. The lowest BCUT2D eigenvalue weighted by molar-refractivity contribution is 0.329. The monoisotopic (exact) mass is 263 g/mol. The molecule has 0 spiro atoms. The van der Waals surface area contributed by atoms with Crippen molar-refractivity contribution in [3.63, 3.8) is 0 Å². The van der Waals surface area contributed by atoms with Crippen LogP contribution in [0.2, 0.25) is 0 Å². The van der Waals surface area contributed by atoms with Crippen molar-refractivity contribution in [2.45, 2.75) is 6.92 Å². The zero-order valence-corrected chi connectivity index (χ0v) is 10.6. The molecule has 1 N–H and O–H groups in total. The molecular formula is C15H15F2NO. The molecule has 0 fully saturated rings. The van der Waals surface area contributed by atoms with Crippen molar-refractivity contribution in [3.8, 4) is 5.75 Å². The SMILES string of the molecule is Cc1ccc(NCCOc2cc(F)cc(F)c2)cc1. The molecule has 2 nitrogen and oxygen atoms in total. The molecule has 0 atom stereocenters. The quantitative estimate of drug-likeness (QED) is 0.829. The summed E-state index contributed by atoms with van der Waals surface area (Å²) in [4.78, 5) is 0. The van der Waals surface area contributed by atoms with Crippen molar-refractivity contribution >= 4 is 5.69 Å². The highest BCUT2D eigenvalue weighted by Crippen LogP contribution is 2.15. The third-order valence-corrected chi connectivity index (χ3v) is 2.59. The first-order valence-corrected chi connectivity index (χ1v) is 6.03. The van der Waals surface area contributed by atoms with Crippen LogP contribution in [0.5, 0.6) is 5.75 Å². The van der Waals surface area contributed by atoms with Gasteiger partial charge in [0, 0.05) is 30.4 Å². The van der Waals surface area contributed by atoms with E-state index in [4.69, 9.17) is 4.74 Å². The summed E-state index contributed by atoms with van der Waals surface area (Å²) in [6.07, 6.45) is 0. The lowest BCUT2D eigenvalue weighted by atomic mass is 10.2. The van der Waals surface area contributed by atoms with Crippen LogP contribution in [-0.4, -0.2) is 13.2 Å². The Morgan fingerprint density at radius 2 is 1.63 bits per heavy atom. The van der Waals surface area contributed by atoms with E-state index in [1.54, 1.807) is 0 Å². The summed E-state index contributed by atoms with van der Waals surface area (Å²) in [6, 6.07) is 11.1. The fourth-order valence-corrected chi connectivity index (χ4v) is 1.65. The number of ether oxygens (including phenoxy) is 1. The van der Waals surface area contributed by atoms with Crippen LogP contribution in [0.1, 0.15) is 5.56 Å². The Balaban J connectivity index is 1.79. The molecule has 0 aliphatic rings. The molecule has 2 aromatic rings. The van der Waals surface area contributed by atoms with Gasteiger partial charge in [-0.05, 0) is 19.1 Å². The van der Waals surface area contributed by atoms with Crippen LogP contribution in [0.4, 0.5) is 14.5 Å². The van der Waals surface area contributed by atoms with Gasteiger partial charge < -0.3 is 10.1 Å². The summed E-state index contributed by atoms with van der Waals surface area (Å²) in [6.45, 7) is 2.91. The number of aryl methyl sites for hydroxylation is 1. The van der Waals surface area contributed by atoms with E-state index in [0.717, 1.165) is 23.9 Å². The summed E-state index contributed by atoms with van der Waals surface area (Å²) in [7, 11) is 0. The van der Waals surface area contributed by atoms with E-state index in [1.165, 1.54) is 5.56 Å². The molecule has 100 valence electrons. The van der Waals surface area contributed by atoms with Gasteiger partial charge in [0.25, 0.3) is 0 Å². The van der Waals surface area contributed by atoms with Crippen LogP contribution in [-0.2, 0) is 0 Å². The average Bonchev–Trinajstić information content (AvgIpc) is 2.36. The number of hydrogen-bond acceptors (Lipinski definition) is 2. The zero-order valence-electron chi connectivity index (χ0n) is 10.6. The Morgan fingerprint density at radius 3 is 2.26 bits per heavy atom. The maximum atomic E-state index is 12.9. The first-order chi connectivity index (χ1) is 9.13. The molecule has 2 rings (SSSR count). The molecule has 0 amide bonds. The van der Waals surface area contributed by atoms with E-state index in [9.17, 15) is 8.78 Å². The van der Waals surface area contributed by atoms with Crippen molar-refractivity contribution in [1.82, 2.24) is 0 Å². The summed E-state index contributed by atoms with van der Waals surface area (Å²) >= 11 is 0. The molecule has 0 unspecified atom stereocenters. The van der Waals surface area contributed by atoms with Crippen LogP contribution >= 0.6 is 0 Å². The molecule has 0 heterocycles. The molecule has 0 aliphatic heterocycles. The summed E-state index contributed by atoms with van der Waals surface area (Å²) in [5.74, 6) is -1.08.